The molecule has 0 aromatic rings. The van der Waals surface area contributed by atoms with E-state index in [-0.39, 0.29) is 6.04 Å². The first-order chi connectivity index (χ1) is 7.03. The van der Waals surface area contributed by atoms with Crippen LogP contribution in [0.1, 0.15) is 39.0 Å². The molecule has 2 unspecified atom stereocenters. The van der Waals surface area contributed by atoms with Gasteiger partial charge in [-0.2, -0.15) is 0 Å². The third-order valence-corrected chi connectivity index (χ3v) is 3.14. The molecular weight excluding hydrogens is 200 g/mol. The third-order valence-electron chi connectivity index (χ3n) is 3.14. The Morgan fingerprint density at radius 3 is 2.67 bits per heavy atom. The maximum Gasteiger partial charge on any atom is 0.282 e. The summed E-state index contributed by atoms with van der Waals surface area (Å²) in [6.07, 6.45) is 5.38. The summed E-state index contributed by atoms with van der Waals surface area (Å²) >= 11 is 0. The first kappa shape index (κ1) is 12.8. The maximum atomic E-state index is 12.8. The van der Waals surface area contributed by atoms with Crippen molar-refractivity contribution in [3.05, 3.63) is 0 Å². The Kier molecular flexibility index (Phi) is 4.93. The number of alkyl halides is 2. The fourth-order valence-corrected chi connectivity index (χ4v) is 2.04. The Morgan fingerprint density at radius 1 is 1.27 bits per heavy atom. The summed E-state index contributed by atoms with van der Waals surface area (Å²) < 4.78 is 25.5. The maximum absolute atomic E-state index is 12.8. The van der Waals surface area contributed by atoms with Crippen LogP contribution in [-0.2, 0) is 0 Å². The van der Waals surface area contributed by atoms with E-state index in [0.717, 1.165) is 31.6 Å². The minimum absolute atomic E-state index is 0.201. The van der Waals surface area contributed by atoms with E-state index in [0.29, 0.717) is 0 Å². The zero-order valence-electron chi connectivity index (χ0n) is 9.31. The highest BCUT2D eigenvalue weighted by molar-refractivity contribution is 4.77. The lowest BCUT2D eigenvalue weighted by atomic mass is 10.0. The lowest BCUT2D eigenvalue weighted by Gasteiger charge is -2.20. The van der Waals surface area contributed by atoms with E-state index in [1.807, 2.05) is 0 Å². The zero-order valence-corrected chi connectivity index (χ0v) is 9.31. The summed E-state index contributed by atoms with van der Waals surface area (Å²) in [6, 6.07) is 0.201. The van der Waals surface area contributed by atoms with Crippen LogP contribution < -0.4 is 5.32 Å². The topological polar surface area (TPSA) is 32.3 Å². The van der Waals surface area contributed by atoms with Crippen molar-refractivity contribution in [2.45, 2.75) is 51.0 Å². The summed E-state index contributed by atoms with van der Waals surface area (Å²) in [6.45, 7) is 0.746. The van der Waals surface area contributed by atoms with Crippen molar-refractivity contribution >= 4 is 0 Å². The van der Waals surface area contributed by atoms with Gasteiger partial charge in [0.25, 0.3) is 5.92 Å². The van der Waals surface area contributed by atoms with Gasteiger partial charge in [-0.25, -0.2) is 8.78 Å². The van der Waals surface area contributed by atoms with Gasteiger partial charge in [0.2, 0.25) is 0 Å². The molecule has 1 rings (SSSR count). The second-order valence-corrected chi connectivity index (χ2v) is 4.71. The number of aliphatic hydroxyl groups is 1. The first-order valence-corrected chi connectivity index (χ1v) is 5.75. The first-order valence-electron chi connectivity index (χ1n) is 5.75. The number of hydrogen-bond acceptors (Lipinski definition) is 2. The number of rotatable bonds is 4. The van der Waals surface area contributed by atoms with Crippen molar-refractivity contribution < 1.29 is 13.9 Å². The molecule has 0 aliphatic heterocycles. The largest absolute Gasteiger partial charge is 0.390 e. The normalized spacial score (nSPS) is 28.8. The summed E-state index contributed by atoms with van der Waals surface area (Å²) in [7, 11) is 0. The molecule has 0 spiro atoms. The highest BCUT2D eigenvalue weighted by Crippen LogP contribution is 2.23. The van der Waals surface area contributed by atoms with E-state index in [1.165, 1.54) is 6.42 Å². The monoisotopic (exact) mass is 221 g/mol. The molecule has 4 heteroatoms. The number of aliphatic hydroxyl groups excluding tert-OH is 1. The molecule has 0 aromatic carbocycles. The molecule has 0 amide bonds. The summed E-state index contributed by atoms with van der Waals surface area (Å²) in [4.78, 5) is 0. The van der Waals surface area contributed by atoms with Gasteiger partial charge in [0, 0.05) is 6.04 Å². The molecule has 0 saturated heterocycles. The van der Waals surface area contributed by atoms with Gasteiger partial charge in [0.1, 0.15) is 6.61 Å². The van der Waals surface area contributed by atoms with Crippen molar-refractivity contribution in [3.63, 3.8) is 0 Å². The van der Waals surface area contributed by atoms with Crippen LogP contribution in [0, 0.1) is 5.92 Å². The molecule has 2 atom stereocenters. The Balaban J connectivity index is 2.26. The predicted molar refractivity (Wildman–Crippen MR) is 56.1 cm³/mol. The Morgan fingerprint density at radius 2 is 2.00 bits per heavy atom. The van der Waals surface area contributed by atoms with Crippen LogP contribution in [0.4, 0.5) is 8.78 Å². The second-order valence-electron chi connectivity index (χ2n) is 4.71. The summed E-state index contributed by atoms with van der Waals surface area (Å²) in [5.41, 5.74) is 0. The van der Waals surface area contributed by atoms with Crippen molar-refractivity contribution in [1.82, 2.24) is 5.32 Å². The lowest BCUT2D eigenvalue weighted by Crippen LogP contribution is -2.41. The average molecular weight is 221 g/mol. The average Bonchev–Trinajstić information content (AvgIpc) is 2.40. The summed E-state index contributed by atoms with van der Waals surface area (Å²) in [5, 5.41) is 11.3. The third kappa shape index (κ3) is 4.89. The van der Waals surface area contributed by atoms with Crippen molar-refractivity contribution in [1.29, 1.82) is 0 Å². The van der Waals surface area contributed by atoms with Crippen LogP contribution >= 0.6 is 0 Å². The summed E-state index contributed by atoms with van der Waals surface area (Å²) in [5.74, 6) is -2.26. The van der Waals surface area contributed by atoms with Gasteiger partial charge >= 0.3 is 0 Å². The number of halogens is 2. The van der Waals surface area contributed by atoms with Gasteiger partial charge in [-0.05, 0) is 25.2 Å². The highest BCUT2D eigenvalue weighted by Gasteiger charge is 2.28. The molecule has 90 valence electrons. The molecule has 2 N–H and O–H groups in total. The molecule has 1 saturated carbocycles. The predicted octanol–water partition coefficient (Wildman–Crippen LogP) is 2.17. The van der Waals surface area contributed by atoms with Crippen molar-refractivity contribution in [3.8, 4) is 0 Å². The molecule has 0 heterocycles. The van der Waals surface area contributed by atoms with Gasteiger partial charge in [0.15, 0.2) is 0 Å². The highest BCUT2D eigenvalue weighted by atomic mass is 19.3. The van der Waals surface area contributed by atoms with Gasteiger partial charge in [0.05, 0.1) is 6.54 Å². The Hall–Kier alpha value is -0.220. The molecule has 2 nitrogen and oxygen atoms in total. The molecule has 15 heavy (non-hydrogen) atoms. The van der Waals surface area contributed by atoms with Crippen molar-refractivity contribution in [2.75, 3.05) is 13.2 Å². The van der Waals surface area contributed by atoms with Crippen LogP contribution in [0.3, 0.4) is 0 Å². The van der Waals surface area contributed by atoms with Crippen LogP contribution in [0.5, 0.6) is 0 Å². The molecule has 1 fully saturated rings. The van der Waals surface area contributed by atoms with Crippen LogP contribution in [0.2, 0.25) is 0 Å². The van der Waals surface area contributed by atoms with Crippen LogP contribution in [0.25, 0.3) is 0 Å². The second kappa shape index (κ2) is 5.75. The molecule has 0 bridgehead atoms. The van der Waals surface area contributed by atoms with E-state index in [2.05, 4.69) is 12.2 Å². The van der Waals surface area contributed by atoms with E-state index >= 15 is 0 Å². The minimum atomic E-state index is -2.97. The van der Waals surface area contributed by atoms with E-state index in [9.17, 15) is 8.78 Å². The molecule has 0 aromatic heterocycles. The molecule has 0 radical (unpaired) electrons. The number of hydrogen-bond donors (Lipinski definition) is 2. The Bertz CT molecular complexity index is 187. The van der Waals surface area contributed by atoms with Crippen LogP contribution in [0.15, 0.2) is 0 Å². The van der Waals surface area contributed by atoms with Gasteiger partial charge in [-0.3, -0.25) is 0 Å². The SMILES string of the molecule is CC1CCCC(NCC(F)(F)CO)CC1. The lowest BCUT2D eigenvalue weighted by molar-refractivity contribution is -0.0495. The fourth-order valence-electron chi connectivity index (χ4n) is 2.04. The standard InChI is InChI=1S/C11H21F2NO/c1-9-3-2-4-10(6-5-9)14-7-11(12,13)8-15/h9-10,14-15H,2-8H2,1H3. The minimum Gasteiger partial charge on any atom is -0.390 e. The van der Waals surface area contributed by atoms with Crippen molar-refractivity contribution in [2.24, 2.45) is 5.92 Å². The smallest absolute Gasteiger partial charge is 0.282 e. The fraction of sp³-hybridized carbons (Fsp3) is 1.00. The zero-order chi connectivity index (χ0) is 11.3. The molecule has 1 aliphatic rings. The van der Waals surface area contributed by atoms with Crippen LogP contribution in [-0.4, -0.2) is 30.2 Å². The quantitative estimate of drug-likeness (QED) is 0.713. The van der Waals surface area contributed by atoms with E-state index in [4.69, 9.17) is 5.11 Å². The van der Waals surface area contributed by atoms with E-state index < -0.39 is 19.1 Å². The van der Waals surface area contributed by atoms with E-state index in [1.54, 1.807) is 0 Å². The number of nitrogens with one attached hydrogen (secondary N) is 1. The van der Waals surface area contributed by atoms with Gasteiger partial charge < -0.3 is 10.4 Å². The molecular formula is C11H21F2NO. The Labute approximate surface area is 90.1 Å². The van der Waals surface area contributed by atoms with Gasteiger partial charge in [-0.15, -0.1) is 0 Å². The van der Waals surface area contributed by atoms with Gasteiger partial charge in [-0.1, -0.05) is 19.8 Å². The molecule has 1 aliphatic carbocycles.